The molecule has 34 heavy (non-hydrogen) atoms. The van der Waals surface area contributed by atoms with Crippen molar-refractivity contribution in [1.82, 2.24) is 15.1 Å². The summed E-state index contributed by atoms with van der Waals surface area (Å²) in [5.41, 5.74) is 3.94. The lowest BCUT2D eigenvalue weighted by molar-refractivity contribution is 0.0984. The maximum atomic E-state index is 14.1. The maximum absolute atomic E-state index is 14.1. The van der Waals surface area contributed by atoms with Gasteiger partial charge in [-0.3, -0.25) is 14.7 Å². The number of anilines is 1. The van der Waals surface area contributed by atoms with Gasteiger partial charge in [-0.15, -0.1) is 0 Å². The summed E-state index contributed by atoms with van der Waals surface area (Å²) in [4.78, 5) is 24.7. The van der Waals surface area contributed by atoms with E-state index < -0.39 is 0 Å². The van der Waals surface area contributed by atoms with Gasteiger partial charge in [-0.05, 0) is 43.2 Å². The van der Waals surface area contributed by atoms with Gasteiger partial charge in [0.05, 0.1) is 26.8 Å². The first-order chi connectivity index (χ1) is 16.4. The van der Waals surface area contributed by atoms with E-state index in [1.165, 1.54) is 11.3 Å². The Kier molecular flexibility index (Phi) is 6.08. The minimum Gasteiger partial charge on any atom is -0.360 e. The van der Waals surface area contributed by atoms with Crippen molar-refractivity contribution < 1.29 is 9.32 Å². The Bertz CT molecular complexity index is 1480. The summed E-state index contributed by atoms with van der Waals surface area (Å²) in [6.07, 6.45) is 3.41. The van der Waals surface area contributed by atoms with Gasteiger partial charge in [-0.25, -0.2) is 4.98 Å². The molecule has 0 spiro atoms. The van der Waals surface area contributed by atoms with E-state index in [0.717, 1.165) is 21.3 Å². The molecule has 0 aliphatic heterocycles. The van der Waals surface area contributed by atoms with E-state index in [1.54, 1.807) is 30.3 Å². The minimum atomic E-state index is -0.301. The molecule has 5 aromatic rings. The van der Waals surface area contributed by atoms with Crippen LogP contribution in [0.5, 0.6) is 0 Å². The first kappa shape index (κ1) is 22.5. The summed E-state index contributed by atoms with van der Waals surface area (Å²) in [6.45, 7) is 3.94. The highest BCUT2D eigenvalue weighted by Gasteiger charge is 2.30. The molecule has 0 aliphatic carbocycles. The van der Waals surface area contributed by atoms with E-state index >= 15 is 0 Å². The predicted octanol–water partition coefficient (Wildman–Crippen LogP) is 7.12. The molecule has 0 N–H and O–H groups in total. The summed E-state index contributed by atoms with van der Waals surface area (Å²) < 4.78 is 6.28. The summed E-state index contributed by atoms with van der Waals surface area (Å²) in [7, 11) is 0. The standard InChI is InChI=1S/C25H18Cl2N4O2S/c1-14-9-10-19(27)23-21(14)29-25(34-23)31(13-16-6-5-11-28-12-16)24(32)20-15(2)33-30-22(20)17-7-3-4-8-18(17)26/h3-12H,13H2,1-2H3. The maximum Gasteiger partial charge on any atom is 0.266 e. The van der Waals surface area contributed by atoms with Gasteiger partial charge in [0.2, 0.25) is 0 Å². The molecule has 0 saturated heterocycles. The Morgan fingerprint density at radius 2 is 1.88 bits per heavy atom. The number of aromatic nitrogens is 3. The van der Waals surface area contributed by atoms with Crippen molar-refractivity contribution in [2.75, 3.05) is 4.90 Å². The van der Waals surface area contributed by atoms with Crippen LogP contribution in [-0.2, 0) is 6.54 Å². The number of nitrogens with zero attached hydrogens (tertiary/aromatic N) is 4. The summed E-state index contributed by atoms with van der Waals surface area (Å²) in [5.74, 6) is 0.0942. The van der Waals surface area contributed by atoms with Crippen molar-refractivity contribution in [3.8, 4) is 11.3 Å². The smallest absolute Gasteiger partial charge is 0.266 e. The highest BCUT2D eigenvalue weighted by atomic mass is 35.5. The van der Waals surface area contributed by atoms with Crippen LogP contribution < -0.4 is 4.90 Å². The SMILES string of the molecule is Cc1onc(-c2ccccc2Cl)c1C(=O)N(Cc1cccnc1)c1nc2c(C)ccc(Cl)c2s1. The molecule has 0 saturated carbocycles. The highest BCUT2D eigenvalue weighted by Crippen LogP contribution is 2.38. The number of halogens is 2. The number of carbonyl (C=O) groups is 1. The second kappa shape index (κ2) is 9.18. The van der Waals surface area contributed by atoms with Crippen LogP contribution >= 0.6 is 34.5 Å². The average Bonchev–Trinajstić information content (AvgIpc) is 3.45. The van der Waals surface area contributed by atoms with Crippen LogP contribution in [0.1, 0.15) is 27.2 Å². The fraction of sp³-hybridized carbons (Fsp3) is 0.120. The fourth-order valence-corrected chi connectivity index (χ4v) is 5.24. The fourth-order valence-electron chi connectivity index (χ4n) is 3.70. The number of amides is 1. The van der Waals surface area contributed by atoms with Crippen molar-refractivity contribution in [3.05, 3.63) is 93.4 Å². The molecule has 2 aromatic carbocycles. The molecule has 0 radical (unpaired) electrons. The Morgan fingerprint density at radius 3 is 2.62 bits per heavy atom. The monoisotopic (exact) mass is 508 g/mol. The lowest BCUT2D eigenvalue weighted by atomic mass is 10.0. The molecule has 0 unspecified atom stereocenters. The van der Waals surface area contributed by atoms with Gasteiger partial charge in [0.25, 0.3) is 5.91 Å². The van der Waals surface area contributed by atoms with E-state index in [9.17, 15) is 4.79 Å². The van der Waals surface area contributed by atoms with Crippen molar-refractivity contribution >= 4 is 55.8 Å². The number of hydrogen-bond donors (Lipinski definition) is 0. The van der Waals surface area contributed by atoms with Gasteiger partial charge < -0.3 is 4.52 Å². The zero-order valence-corrected chi connectivity index (χ0v) is 20.6. The third-order valence-corrected chi connectivity index (χ3v) is 7.30. The van der Waals surface area contributed by atoms with Crippen LogP contribution in [0.15, 0.2) is 65.4 Å². The van der Waals surface area contributed by atoms with Crippen LogP contribution in [0.2, 0.25) is 10.0 Å². The van der Waals surface area contributed by atoms with Crippen LogP contribution in [-0.4, -0.2) is 21.0 Å². The lowest BCUT2D eigenvalue weighted by Crippen LogP contribution is -2.31. The Balaban J connectivity index is 1.66. The Morgan fingerprint density at radius 1 is 1.06 bits per heavy atom. The molecule has 0 aliphatic rings. The van der Waals surface area contributed by atoms with Crippen molar-refractivity contribution in [3.63, 3.8) is 0 Å². The number of rotatable bonds is 5. The molecule has 6 nitrogen and oxygen atoms in total. The number of carbonyl (C=O) groups excluding carboxylic acids is 1. The van der Waals surface area contributed by atoms with E-state index in [0.29, 0.717) is 37.8 Å². The largest absolute Gasteiger partial charge is 0.360 e. The number of aryl methyl sites for hydroxylation is 2. The molecule has 0 atom stereocenters. The average molecular weight is 509 g/mol. The van der Waals surface area contributed by atoms with Crippen molar-refractivity contribution in [1.29, 1.82) is 0 Å². The quantitative estimate of drug-likeness (QED) is 0.252. The summed E-state index contributed by atoms with van der Waals surface area (Å²) in [5, 5.41) is 5.76. The van der Waals surface area contributed by atoms with Gasteiger partial charge in [0.1, 0.15) is 17.0 Å². The van der Waals surface area contributed by atoms with Gasteiger partial charge >= 0.3 is 0 Å². The second-order valence-corrected chi connectivity index (χ2v) is 9.53. The zero-order chi connectivity index (χ0) is 23.8. The van der Waals surface area contributed by atoms with Gasteiger partial charge in [-0.2, -0.15) is 0 Å². The Labute approximate surface area is 209 Å². The molecular formula is C25H18Cl2N4O2S. The van der Waals surface area contributed by atoms with Crippen molar-refractivity contribution in [2.24, 2.45) is 0 Å². The summed E-state index contributed by atoms with van der Waals surface area (Å²) in [6, 6.07) is 14.7. The first-order valence-corrected chi connectivity index (χ1v) is 12.0. The predicted molar refractivity (Wildman–Crippen MR) is 136 cm³/mol. The van der Waals surface area contributed by atoms with E-state index in [4.69, 9.17) is 32.7 Å². The highest BCUT2D eigenvalue weighted by molar-refractivity contribution is 7.23. The molecule has 5 rings (SSSR count). The van der Waals surface area contributed by atoms with Crippen LogP contribution in [0.4, 0.5) is 5.13 Å². The first-order valence-electron chi connectivity index (χ1n) is 10.4. The molecule has 170 valence electrons. The van der Waals surface area contributed by atoms with Gasteiger partial charge in [-0.1, -0.05) is 70.0 Å². The van der Waals surface area contributed by atoms with Crippen LogP contribution in [0, 0.1) is 13.8 Å². The third-order valence-electron chi connectivity index (χ3n) is 5.43. The second-order valence-electron chi connectivity index (χ2n) is 7.73. The molecule has 1 amide bonds. The summed E-state index contributed by atoms with van der Waals surface area (Å²) >= 11 is 14.2. The molecule has 3 aromatic heterocycles. The number of thiazole rings is 1. The van der Waals surface area contributed by atoms with E-state index in [-0.39, 0.29) is 12.5 Å². The lowest BCUT2D eigenvalue weighted by Gasteiger charge is -2.20. The molecule has 9 heteroatoms. The van der Waals surface area contributed by atoms with Crippen LogP contribution in [0.25, 0.3) is 21.5 Å². The molecule has 3 heterocycles. The topological polar surface area (TPSA) is 72.1 Å². The molecule has 0 bridgehead atoms. The minimum absolute atomic E-state index is 0.260. The third kappa shape index (κ3) is 4.07. The van der Waals surface area contributed by atoms with Crippen molar-refractivity contribution in [2.45, 2.75) is 20.4 Å². The Hall–Kier alpha value is -3.26. The van der Waals surface area contributed by atoms with E-state index in [2.05, 4.69) is 10.1 Å². The number of pyridine rings is 1. The van der Waals surface area contributed by atoms with E-state index in [1.807, 2.05) is 49.4 Å². The zero-order valence-electron chi connectivity index (χ0n) is 18.3. The van der Waals surface area contributed by atoms with Gasteiger partial charge in [0.15, 0.2) is 5.13 Å². The van der Waals surface area contributed by atoms with Gasteiger partial charge in [0, 0.05) is 18.0 Å². The number of benzene rings is 2. The molecule has 0 fully saturated rings. The number of fused-ring (bicyclic) bond motifs is 1. The normalized spacial score (nSPS) is 11.2. The number of hydrogen-bond acceptors (Lipinski definition) is 6. The molecular weight excluding hydrogens is 491 g/mol. The van der Waals surface area contributed by atoms with Crippen LogP contribution in [0.3, 0.4) is 0 Å².